The number of benzene rings is 3. The fourth-order valence-corrected chi connectivity index (χ4v) is 3.12. The molecule has 36 heavy (non-hydrogen) atoms. The molecule has 0 aliphatic rings. The standard InChI is InChI=1S/C27H29N3O6/c1-5-6-15-35-27(33)22-13-12-21(17-24(22)31)36-26(32)18-7-14-23(25(16-18)34-4)29-28-19-8-10-20(11-9-19)30(2)3/h7-14,16-17,31H,5-6,15H2,1-4H3. The molecule has 0 fully saturated rings. The van der Waals surface area contributed by atoms with E-state index in [1.54, 1.807) is 6.07 Å². The second-order valence-corrected chi connectivity index (χ2v) is 8.06. The van der Waals surface area contributed by atoms with E-state index in [0.29, 0.717) is 17.1 Å². The molecule has 0 saturated heterocycles. The molecule has 0 unspecified atom stereocenters. The number of carbonyl (C=O) groups excluding carboxylic acids is 2. The first kappa shape index (κ1) is 26.2. The summed E-state index contributed by atoms with van der Waals surface area (Å²) in [6.07, 6.45) is 1.61. The number of aromatic hydroxyl groups is 1. The van der Waals surface area contributed by atoms with Gasteiger partial charge >= 0.3 is 11.9 Å². The van der Waals surface area contributed by atoms with Gasteiger partial charge in [-0.15, -0.1) is 5.11 Å². The van der Waals surface area contributed by atoms with E-state index >= 15 is 0 Å². The van der Waals surface area contributed by atoms with Gasteiger partial charge in [-0.05, 0) is 61.0 Å². The van der Waals surface area contributed by atoms with Crippen molar-refractivity contribution in [1.29, 1.82) is 0 Å². The molecular formula is C27H29N3O6. The first-order chi connectivity index (χ1) is 17.3. The van der Waals surface area contributed by atoms with E-state index in [1.165, 1.54) is 37.4 Å². The number of methoxy groups -OCH3 is 1. The maximum Gasteiger partial charge on any atom is 0.343 e. The second kappa shape index (κ2) is 12.3. The molecule has 0 amide bonds. The number of azo groups is 1. The summed E-state index contributed by atoms with van der Waals surface area (Å²) in [6, 6.07) is 16.1. The zero-order valence-corrected chi connectivity index (χ0v) is 20.7. The molecule has 0 heterocycles. The van der Waals surface area contributed by atoms with Crippen LogP contribution in [0, 0.1) is 0 Å². The summed E-state index contributed by atoms with van der Waals surface area (Å²) in [5.74, 6) is -1.23. The number of rotatable bonds is 10. The molecule has 188 valence electrons. The minimum absolute atomic E-state index is 0.00126. The number of esters is 2. The Morgan fingerprint density at radius 1 is 0.944 bits per heavy atom. The van der Waals surface area contributed by atoms with Crippen LogP contribution in [0.5, 0.6) is 17.2 Å². The van der Waals surface area contributed by atoms with Crippen LogP contribution in [-0.2, 0) is 4.74 Å². The van der Waals surface area contributed by atoms with Gasteiger partial charge in [-0.2, -0.15) is 5.11 Å². The van der Waals surface area contributed by atoms with Gasteiger partial charge in [0, 0.05) is 25.8 Å². The average molecular weight is 492 g/mol. The van der Waals surface area contributed by atoms with Crippen LogP contribution in [-0.4, -0.2) is 44.9 Å². The van der Waals surface area contributed by atoms with Gasteiger partial charge in [-0.25, -0.2) is 9.59 Å². The maximum absolute atomic E-state index is 12.7. The summed E-state index contributed by atoms with van der Waals surface area (Å²) in [5.41, 5.74) is 2.37. The van der Waals surface area contributed by atoms with Crippen LogP contribution >= 0.6 is 0 Å². The molecule has 0 atom stereocenters. The normalized spacial score (nSPS) is 10.8. The van der Waals surface area contributed by atoms with Gasteiger partial charge in [0.15, 0.2) is 0 Å². The Bertz CT molecular complexity index is 1240. The van der Waals surface area contributed by atoms with Crippen molar-refractivity contribution in [3.63, 3.8) is 0 Å². The highest BCUT2D eigenvalue weighted by Crippen LogP contribution is 2.31. The average Bonchev–Trinajstić information content (AvgIpc) is 2.87. The van der Waals surface area contributed by atoms with Crippen LogP contribution in [0.2, 0.25) is 0 Å². The Balaban J connectivity index is 1.69. The van der Waals surface area contributed by atoms with Crippen molar-refractivity contribution in [2.45, 2.75) is 19.8 Å². The van der Waals surface area contributed by atoms with E-state index in [0.717, 1.165) is 18.5 Å². The van der Waals surface area contributed by atoms with E-state index in [9.17, 15) is 14.7 Å². The zero-order chi connectivity index (χ0) is 26.1. The van der Waals surface area contributed by atoms with Crippen LogP contribution in [0.25, 0.3) is 0 Å². The van der Waals surface area contributed by atoms with Crippen molar-refractivity contribution in [2.75, 3.05) is 32.7 Å². The molecule has 3 aromatic rings. The molecule has 0 aromatic heterocycles. The minimum atomic E-state index is -0.672. The van der Waals surface area contributed by atoms with Gasteiger partial charge in [-0.1, -0.05) is 13.3 Å². The van der Waals surface area contributed by atoms with Crippen LogP contribution in [0.3, 0.4) is 0 Å². The summed E-state index contributed by atoms with van der Waals surface area (Å²) in [7, 11) is 5.38. The number of nitrogens with zero attached hydrogens (tertiary/aromatic N) is 3. The number of ether oxygens (including phenoxy) is 3. The fraction of sp³-hybridized carbons (Fsp3) is 0.259. The highest BCUT2D eigenvalue weighted by Gasteiger charge is 2.17. The number of hydrogen-bond donors (Lipinski definition) is 1. The van der Waals surface area contributed by atoms with Crippen LogP contribution in [0.15, 0.2) is 70.9 Å². The topological polar surface area (TPSA) is 110 Å². The maximum atomic E-state index is 12.7. The lowest BCUT2D eigenvalue weighted by Gasteiger charge is -2.11. The van der Waals surface area contributed by atoms with E-state index in [-0.39, 0.29) is 29.2 Å². The smallest absolute Gasteiger partial charge is 0.343 e. The van der Waals surface area contributed by atoms with Crippen molar-refractivity contribution < 1.29 is 28.9 Å². The predicted molar refractivity (Wildman–Crippen MR) is 136 cm³/mol. The third-order valence-electron chi connectivity index (χ3n) is 5.19. The summed E-state index contributed by atoms with van der Waals surface area (Å²) in [5, 5.41) is 18.6. The molecule has 0 spiro atoms. The number of hydrogen-bond acceptors (Lipinski definition) is 9. The first-order valence-corrected chi connectivity index (χ1v) is 11.4. The highest BCUT2D eigenvalue weighted by molar-refractivity contribution is 5.94. The van der Waals surface area contributed by atoms with Gasteiger partial charge in [0.2, 0.25) is 0 Å². The van der Waals surface area contributed by atoms with Crippen LogP contribution in [0.1, 0.15) is 40.5 Å². The lowest BCUT2D eigenvalue weighted by Crippen LogP contribution is -2.10. The molecule has 0 bridgehead atoms. The molecule has 0 radical (unpaired) electrons. The zero-order valence-electron chi connectivity index (χ0n) is 20.7. The number of anilines is 1. The highest BCUT2D eigenvalue weighted by atomic mass is 16.5. The fourth-order valence-electron chi connectivity index (χ4n) is 3.12. The van der Waals surface area contributed by atoms with Crippen molar-refractivity contribution in [1.82, 2.24) is 0 Å². The monoisotopic (exact) mass is 491 g/mol. The van der Waals surface area contributed by atoms with Gasteiger partial charge in [-0.3, -0.25) is 0 Å². The largest absolute Gasteiger partial charge is 0.507 e. The van der Waals surface area contributed by atoms with Crippen molar-refractivity contribution in [2.24, 2.45) is 10.2 Å². The Morgan fingerprint density at radius 2 is 1.69 bits per heavy atom. The van der Waals surface area contributed by atoms with E-state index in [4.69, 9.17) is 14.2 Å². The predicted octanol–water partition coefficient (Wildman–Crippen LogP) is 6.06. The lowest BCUT2D eigenvalue weighted by molar-refractivity contribution is 0.0496. The van der Waals surface area contributed by atoms with Gasteiger partial charge in [0.05, 0.1) is 25.0 Å². The van der Waals surface area contributed by atoms with Crippen LogP contribution in [0.4, 0.5) is 17.1 Å². The number of phenolic OH excluding ortho intramolecular Hbond substituents is 1. The number of phenols is 1. The lowest BCUT2D eigenvalue weighted by atomic mass is 10.2. The molecule has 0 aliphatic heterocycles. The van der Waals surface area contributed by atoms with Gasteiger partial charge in [0.25, 0.3) is 0 Å². The summed E-state index contributed by atoms with van der Waals surface area (Å²) < 4.78 is 15.8. The first-order valence-electron chi connectivity index (χ1n) is 11.4. The van der Waals surface area contributed by atoms with E-state index in [2.05, 4.69) is 10.2 Å². The Labute approximate surface area is 209 Å². The molecule has 0 aliphatic carbocycles. The molecule has 0 saturated carbocycles. The molecule has 3 aromatic carbocycles. The third-order valence-corrected chi connectivity index (χ3v) is 5.19. The molecular weight excluding hydrogens is 462 g/mol. The Kier molecular flexibility index (Phi) is 8.99. The third kappa shape index (κ3) is 6.82. The van der Waals surface area contributed by atoms with Gasteiger partial charge in [0.1, 0.15) is 28.5 Å². The summed E-state index contributed by atoms with van der Waals surface area (Å²) >= 11 is 0. The minimum Gasteiger partial charge on any atom is -0.507 e. The number of carbonyl (C=O) groups is 2. The Hall–Kier alpha value is -4.40. The number of unbranched alkanes of at least 4 members (excludes halogenated alkanes) is 1. The molecule has 3 rings (SSSR count). The molecule has 9 heteroatoms. The molecule has 1 N–H and O–H groups in total. The summed E-state index contributed by atoms with van der Waals surface area (Å²) in [4.78, 5) is 26.7. The van der Waals surface area contributed by atoms with E-state index < -0.39 is 11.9 Å². The van der Waals surface area contributed by atoms with E-state index in [1.807, 2.05) is 50.2 Å². The van der Waals surface area contributed by atoms with Crippen molar-refractivity contribution >= 4 is 29.0 Å². The van der Waals surface area contributed by atoms with Gasteiger partial charge < -0.3 is 24.2 Å². The SMILES string of the molecule is CCCCOC(=O)c1ccc(OC(=O)c2ccc(N=Nc3ccc(N(C)C)cc3)c(OC)c2)cc1O. The summed E-state index contributed by atoms with van der Waals surface area (Å²) in [6.45, 7) is 2.25. The Morgan fingerprint density at radius 3 is 2.33 bits per heavy atom. The van der Waals surface area contributed by atoms with Crippen molar-refractivity contribution in [3.05, 3.63) is 71.8 Å². The quantitative estimate of drug-likeness (QED) is 0.159. The second-order valence-electron chi connectivity index (χ2n) is 8.06. The van der Waals surface area contributed by atoms with Crippen LogP contribution < -0.4 is 14.4 Å². The molecule has 9 nitrogen and oxygen atoms in total. The van der Waals surface area contributed by atoms with Crippen molar-refractivity contribution in [3.8, 4) is 17.2 Å².